The van der Waals surface area contributed by atoms with Crippen molar-refractivity contribution in [3.05, 3.63) is 72.3 Å². The van der Waals surface area contributed by atoms with Gasteiger partial charge >= 0.3 is 0 Å². The summed E-state index contributed by atoms with van der Waals surface area (Å²) in [7, 11) is 0.420. The molecule has 0 bridgehead atoms. The molecule has 52 heavy (non-hydrogen) atoms. The Kier molecular flexibility index (Phi) is 19.5. The molecule has 2 saturated carbocycles. The van der Waals surface area contributed by atoms with Gasteiger partial charge in [0.05, 0.1) is 18.4 Å². The van der Waals surface area contributed by atoms with Crippen molar-refractivity contribution < 1.29 is 23.3 Å². The average molecular weight is 741 g/mol. The van der Waals surface area contributed by atoms with Crippen LogP contribution in [-0.2, 0) is 25.4 Å². The van der Waals surface area contributed by atoms with Crippen LogP contribution in [0.5, 0.6) is 5.75 Å². The van der Waals surface area contributed by atoms with E-state index in [2.05, 4.69) is 39.8 Å². The number of unbranched alkanes of at least 4 members (excludes halogenated alkanes) is 3. The molecule has 3 amide bonds. The number of hydrogen-bond donors (Lipinski definition) is 6. The van der Waals surface area contributed by atoms with Crippen molar-refractivity contribution in [2.24, 2.45) is 34.2 Å². The van der Waals surface area contributed by atoms with Gasteiger partial charge < -0.3 is 26.4 Å². The minimum absolute atomic E-state index is 0.0188. The van der Waals surface area contributed by atoms with Crippen LogP contribution >= 0.6 is 0 Å². The third-order valence-electron chi connectivity index (χ3n) is 8.82. The maximum atomic E-state index is 12.0. The maximum Gasteiger partial charge on any atom is 0.242 e. The summed E-state index contributed by atoms with van der Waals surface area (Å²) in [6.45, 7) is 8.98. The molecule has 13 nitrogen and oxygen atoms in total. The third kappa shape index (κ3) is 15.0. The number of hydrogen-bond acceptors (Lipinski definition) is 9. The number of nitrogens with one attached hydrogen (secondary N) is 3. The molecule has 1 saturated heterocycles. The number of nitrogens with zero attached hydrogens (tertiary/aromatic N) is 2. The van der Waals surface area contributed by atoms with Crippen molar-refractivity contribution in [3.8, 4) is 5.75 Å². The highest BCUT2D eigenvalue weighted by molar-refractivity contribution is 7.85. The van der Waals surface area contributed by atoms with Gasteiger partial charge in [-0.2, -0.15) is 0 Å². The lowest BCUT2D eigenvalue weighted by molar-refractivity contribution is -0.135. The second-order valence-corrected chi connectivity index (χ2v) is 14.6. The zero-order valence-electron chi connectivity index (χ0n) is 31.4. The van der Waals surface area contributed by atoms with Crippen LogP contribution in [0.15, 0.2) is 71.9 Å². The van der Waals surface area contributed by atoms with Crippen LogP contribution in [0, 0.1) is 11.8 Å². The predicted octanol–water partition coefficient (Wildman–Crippen LogP) is 4.47. The second kappa shape index (κ2) is 23.2. The van der Waals surface area contributed by atoms with Crippen molar-refractivity contribution in [1.29, 1.82) is 0 Å². The quantitative estimate of drug-likeness (QED) is 0.0380. The molecule has 0 aromatic heterocycles. The molecular formula is C38H60N8O5S. The minimum Gasteiger partial charge on any atom is -0.497 e. The van der Waals surface area contributed by atoms with Crippen molar-refractivity contribution in [3.63, 3.8) is 0 Å². The average Bonchev–Trinajstić information content (AvgIpc) is 4.06. The Bertz CT molecular complexity index is 1470. The molecule has 3 fully saturated rings. The maximum absolute atomic E-state index is 12.0. The molecule has 0 spiro atoms. The predicted molar refractivity (Wildman–Crippen MR) is 210 cm³/mol. The Morgan fingerprint density at radius 1 is 1.06 bits per heavy atom. The van der Waals surface area contributed by atoms with Gasteiger partial charge in [-0.25, -0.2) is 15.6 Å². The number of benzene rings is 2. The fraction of sp³-hybridized carbons (Fsp3) is 0.526. The van der Waals surface area contributed by atoms with E-state index in [4.69, 9.17) is 22.0 Å². The lowest BCUT2D eigenvalue weighted by Crippen LogP contribution is -2.45. The fourth-order valence-corrected chi connectivity index (χ4v) is 6.31. The molecule has 9 N–H and O–H groups in total. The van der Waals surface area contributed by atoms with E-state index < -0.39 is 22.9 Å². The summed E-state index contributed by atoms with van der Waals surface area (Å²) < 4.78 is 19.4. The zero-order chi connectivity index (χ0) is 38.5. The summed E-state index contributed by atoms with van der Waals surface area (Å²) in [5.41, 5.74) is 14.6. The van der Waals surface area contributed by atoms with Crippen molar-refractivity contribution >= 4 is 40.2 Å². The Balaban J connectivity index is 0.000000268. The largest absolute Gasteiger partial charge is 0.497 e. The van der Waals surface area contributed by atoms with Crippen LogP contribution in [0.4, 0.5) is 5.69 Å². The van der Waals surface area contributed by atoms with Gasteiger partial charge in [0.25, 0.3) is 0 Å². The molecule has 2 aromatic rings. The molecule has 14 heteroatoms. The molecule has 0 radical (unpaired) electrons. The van der Waals surface area contributed by atoms with Crippen LogP contribution in [0.2, 0.25) is 0 Å². The van der Waals surface area contributed by atoms with Gasteiger partial charge in [-0.05, 0) is 94.2 Å². The number of allylic oxidation sites excluding steroid dienone is 2. The number of rotatable bonds is 15. The SMILES string of the molecule is CC.CCCCC/C=C\[C@@H]1C[C@@H]1C(=O)NS(=O)C1(C)CC1.COc1ccc(/C(N)=N/NN)cc1.NC(=O)C1CCCN1C(=O)CNc1ccccc1. The Hall–Kier alpha value is -4.43. The number of ether oxygens (including phenoxy) is 1. The lowest BCUT2D eigenvalue weighted by Gasteiger charge is -2.22. The van der Waals surface area contributed by atoms with Crippen LogP contribution in [0.25, 0.3) is 0 Å². The lowest BCUT2D eigenvalue weighted by atomic mass is 10.2. The van der Waals surface area contributed by atoms with Gasteiger partial charge in [-0.3, -0.25) is 19.1 Å². The summed E-state index contributed by atoms with van der Waals surface area (Å²) in [6.07, 6.45) is 13.6. The van der Waals surface area contributed by atoms with Gasteiger partial charge in [0, 0.05) is 23.7 Å². The molecule has 2 aromatic carbocycles. The highest BCUT2D eigenvalue weighted by Gasteiger charge is 2.47. The number of likely N-dealkylation sites (tertiary alicyclic amines) is 1. The first-order valence-corrected chi connectivity index (χ1v) is 19.4. The van der Waals surface area contributed by atoms with Crippen LogP contribution < -0.4 is 37.6 Å². The highest BCUT2D eigenvalue weighted by atomic mass is 32.2. The summed E-state index contributed by atoms with van der Waals surface area (Å²) >= 11 is 0. The number of amidine groups is 1. The number of amides is 3. The number of nitrogens with two attached hydrogens (primary N) is 3. The van der Waals surface area contributed by atoms with Crippen LogP contribution in [0.3, 0.4) is 0 Å². The van der Waals surface area contributed by atoms with Gasteiger partial charge in [-0.1, -0.05) is 64.0 Å². The molecule has 2 aliphatic carbocycles. The van der Waals surface area contributed by atoms with E-state index in [1.54, 1.807) is 36.3 Å². The first-order chi connectivity index (χ1) is 25.0. The van der Waals surface area contributed by atoms with E-state index in [9.17, 15) is 18.6 Å². The first kappa shape index (κ1) is 43.7. The Morgan fingerprint density at radius 3 is 2.31 bits per heavy atom. The minimum atomic E-state index is -1.19. The van der Waals surface area contributed by atoms with Gasteiger partial charge in [0.2, 0.25) is 17.7 Å². The monoisotopic (exact) mass is 740 g/mol. The normalized spacial score (nSPS) is 20.0. The zero-order valence-corrected chi connectivity index (χ0v) is 32.3. The molecule has 1 heterocycles. The van der Waals surface area contributed by atoms with Crippen molar-refractivity contribution in [1.82, 2.24) is 15.2 Å². The summed E-state index contributed by atoms with van der Waals surface area (Å²) in [6, 6.07) is 16.3. The van der Waals surface area contributed by atoms with Crippen LogP contribution in [0.1, 0.15) is 91.0 Å². The van der Waals surface area contributed by atoms with E-state index in [1.165, 1.54) is 19.3 Å². The number of primary amides is 1. The van der Waals surface area contributed by atoms with Crippen molar-refractivity contribution in [2.75, 3.05) is 25.5 Å². The number of carbonyl (C=O) groups is 3. The molecule has 3 aliphatic rings. The molecule has 5 rings (SSSR count). The van der Waals surface area contributed by atoms with E-state index in [1.807, 2.05) is 51.1 Å². The van der Waals surface area contributed by atoms with E-state index in [0.29, 0.717) is 24.7 Å². The van der Waals surface area contributed by atoms with Gasteiger partial charge in [0.1, 0.15) is 22.8 Å². The third-order valence-corrected chi connectivity index (χ3v) is 10.5. The number of methoxy groups -OCH3 is 1. The standard InChI is InChI=1S/C15H25NO2S.C13H17N3O2.C8H12N4O.C2H6/c1-3-4-5-6-7-8-12-11-13(12)14(17)16-19(18)15(2)9-10-15;14-13(18)11-7-4-8-16(11)12(17)9-15-10-5-2-1-3-6-10;1-13-7-4-2-6(3-5-7)8(9)11-12-10;1-2/h7-8,12-13H,3-6,9-11H2,1-2H3,(H,16,17);1-3,5-6,11,15H,4,7-9H2,(H2,14,18);2-5,12H,10H2,1H3,(H2,9,11);1-2H3/b8-7-;;;/t12-,13+,19?;;;/m1.../s1. The van der Waals surface area contributed by atoms with E-state index in [-0.39, 0.29) is 29.0 Å². The van der Waals surface area contributed by atoms with Crippen LogP contribution in [-0.4, -0.2) is 63.7 Å². The van der Waals surface area contributed by atoms with E-state index in [0.717, 1.165) is 49.1 Å². The number of hydrazine groups is 1. The number of carbonyl (C=O) groups excluding carboxylic acids is 3. The fourth-order valence-electron chi connectivity index (χ4n) is 5.26. The first-order valence-electron chi connectivity index (χ1n) is 18.2. The highest BCUT2D eigenvalue weighted by Crippen LogP contribution is 2.42. The second-order valence-electron chi connectivity index (χ2n) is 12.8. The summed E-state index contributed by atoms with van der Waals surface area (Å²) in [4.78, 5) is 36.7. The molecule has 1 aliphatic heterocycles. The summed E-state index contributed by atoms with van der Waals surface area (Å²) in [5, 5.41) is 6.67. The molecule has 4 atom stereocenters. The van der Waals surface area contributed by atoms with Gasteiger partial charge in [-0.15, -0.1) is 5.10 Å². The number of anilines is 1. The smallest absolute Gasteiger partial charge is 0.242 e. The Morgan fingerprint density at radius 2 is 1.73 bits per heavy atom. The number of hydrazone groups is 1. The summed E-state index contributed by atoms with van der Waals surface area (Å²) in [5.74, 6) is 6.02. The molecular weight excluding hydrogens is 681 g/mol. The molecule has 2 unspecified atom stereocenters. The van der Waals surface area contributed by atoms with Crippen molar-refractivity contribution in [2.45, 2.75) is 96.3 Å². The van der Waals surface area contributed by atoms with E-state index >= 15 is 0 Å². The van der Waals surface area contributed by atoms with Gasteiger partial charge in [0.15, 0.2) is 5.84 Å². The number of para-hydroxylation sites is 1. The topological polar surface area (TPSA) is 207 Å². The Labute approximate surface area is 312 Å². The molecule has 288 valence electrons.